The number of carbonyl (C=O) groups is 1. The van der Waals surface area contributed by atoms with Gasteiger partial charge < -0.3 is 19.5 Å². The van der Waals surface area contributed by atoms with Crippen LogP contribution in [-0.4, -0.2) is 90.7 Å². The van der Waals surface area contributed by atoms with E-state index in [4.69, 9.17) is 14.2 Å². The number of sulfonamides is 2. The van der Waals surface area contributed by atoms with Crippen molar-refractivity contribution in [1.82, 2.24) is 13.9 Å². The Morgan fingerprint density at radius 3 is 2.16 bits per heavy atom. The van der Waals surface area contributed by atoms with Crippen LogP contribution in [0.5, 0.6) is 11.5 Å². The van der Waals surface area contributed by atoms with Gasteiger partial charge in [-0.2, -0.15) is 8.61 Å². The normalized spacial score (nSPS) is 17.1. The number of morpholine rings is 1. The van der Waals surface area contributed by atoms with Gasteiger partial charge in [0.2, 0.25) is 20.0 Å². The molecule has 0 spiro atoms. The Labute approximate surface area is 217 Å². The fourth-order valence-corrected chi connectivity index (χ4v) is 7.07. The highest BCUT2D eigenvalue weighted by atomic mass is 32.2. The molecule has 0 radical (unpaired) electrons. The zero-order chi connectivity index (χ0) is 26.6. The molecular formula is C24H31N3O8S2. The molecule has 37 heavy (non-hydrogen) atoms. The Morgan fingerprint density at radius 1 is 0.919 bits per heavy atom. The summed E-state index contributed by atoms with van der Waals surface area (Å²) in [5.74, 6) is 0.403. The second-order valence-electron chi connectivity index (χ2n) is 8.67. The van der Waals surface area contributed by atoms with Crippen LogP contribution in [0.1, 0.15) is 21.5 Å². The number of hydrogen-bond donors (Lipinski definition) is 1. The van der Waals surface area contributed by atoms with E-state index in [2.05, 4.69) is 5.32 Å². The number of methoxy groups -OCH3 is 2. The zero-order valence-electron chi connectivity index (χ0n) is 20.8. The summed E-state index contributed by atoms with van der Waals surface area (Å²) in [5, 5.41) is 2.61. The minimum Gasteiger partial charge on any atom is -0.493 e. The molecule has 1 N–H and O–H groups in total. The van der Waals surface area contributed by atoms with E-state index in [9.17, 15) is 21.6 Å². The van der Waals surface area contributed by atoms with Crippen LogP contribution in [0.15, 0.2) is 41.3 Å². The molecule has 0 bridgehead atoms. The van der Waals surface area contributed by atoms with Crippen molar-refractivity contribution >= 4 is 26.0 Å². The van der Waals surface area contributed by atoms with Gasteiger partial charge >= 0.3 is 0 Å². The van der Waals surface area contributed by atoms with E-state index in [0.29, 0.717) is 37.7 Å². The van der Waals surface area contributed by atoms with E-state index < -0.39 is 26.0 Å². The third kappa shape index (κ3) is 6.07. The summed E-state index contributed by atoms with van der Waals surface area (Å²) in [4.78, 5) is 12.6. The summed E-state index contributed by atoms with van der Waals surface area (Å²) >= 11 is 0. The van der Waals surface area contributed by atoms with Gasteiger partial charge in [-0.25, -0.2) is 16.8 Å². The highest BCUT2D eigenvalue weighted by molar-refractivity contribution is 7.89. The number of amides is 1. The van der Waals surface area contributed by atoms with Crippen molar-refractivity contribution in [2.75, 3.05) is 59.4 Å². The molecule has 2 aromatic carbocycles. The van der Waals surface area contributed by atoms with Crippen LogP contribution in [0.25, 0.3) is 0 Å². The molecule has 1 amide bonds. The molecule has 0 aliphatic carbocycles. The predicted molar refractivity (Wildman–Crippen MR) is 136 cm³/mol. The Kier molecular flexibility index (Phi) is 8.39. The molecule has 0 aromatic heterocycles. The lowest BCUT2D eigenvalue weighted by molar-refractivity contribution is 0.0730. The molecule has 2 heterocycles. The molecule has 0 unspecified atom stereocenters. The summed E-state index contributed by atoms with van der Waals surface area (Å²) in [6, 6.07) is 9.26. The molecule has 4 rings (SSSR count). The minimum absolute atomic E-state index is 0.0791. The molecule has 11 nitrogen and oxygen atoms in total. The van der Waals surface area contributed by atoms with E-state index in [1.165, 1.54) is 40.0 Å². The molecule has 1 saturated heterocycles. The van der Waals surface area contributed by atoms with Crippen molar-refractivity contribution in [3.63, 3.8) is 0 Å². The molecule has 2 aromatic rings. The number of benzene rings is 2. The molecule has 1 fully saturated rings. The van der Waals surface area contributed by atoms with E-state index >= 15 is 0 Å². The Bertz CT molecular complexity index is 1340. The summed E-state index contributed by atoms with van der Waals surface area (Å²) in [6.45, 7) is 1.71. The zero-order valence-corrected chi connectivity index (χ0v) is 22.4. The average Bonchev–Trinajstić information content (AvgIpc) is 2.92. The number of carbonyl (C=O) groups excluding carboxylic acids is 1. The van der Waals surface area contributed by atoms with Gasteiger partial charge in [0.05, 0.1) is 38.1 Å². The molecule has 0 saturated carbocycles. The van der Waals surface area contributed by atoms with E-state index in [-0.39, 0.29) is 42.4 Å². The number of ether oxygens (including phenoxy) is 3. The van der Waals surface area contributed by atoms with Crippen molar-refractivity contribution < 1.29 is 35.8 Å². The Hall–Kier alpha value is -2.71. The molecule has 202 valence electrons. The van der Waals surface area contributed by atoms with Gasteiger partial charge in [0.1, 0.15) is 0 Å². The van der Waals surface area contributed by atoms with Crippen LogP contribution < -0.4 is 14.8 Å². The highest BCUT2D eigenvalue weighted by Gasteiger charge is 2.29. The van der Waals surface area contributed by atoms with Gasteiger partial charge in [0, 0.05) is 38.3 Å². The second kappa shape index (κ2) is 11.4. The second-order valence-corrected chi connectivity index (χ2v) is 12.7. The lowest BCUT2D eigenvalue weighted by atomic mass is 10.0. The van der Waals surface area contributed by atoms with Gasteiger partial charge in [0.15, 0.2) is 11.5 Å². The smallest absolute Gasteiger partial charge is 0.251 e. The first-order valence-corrected chi connectivity index (χ1v) is 14.9. The number of rotatable bonds is 9. The lowest BCUT2D eigenvalue weighted by Crippen LogP contribution is -2.40. The first-order chi connectivity index (χ1) is 17.7. The highest BCUT2D eigenvalue weighted by Crippen LogP contribution is 2.33. The van der Waals surface area contributed by atoms with Crippen molar-refractivity contribution in [2.24, 2.45) is 0 Å². The summed E-state index contributed by atoms with van der Waals surface area (Å²) in [7, 11) is -4.20. The summed E-state index contributed by atoms with van der Waals surface area (Å²) < 4.78 is 69.9. The van der Waals surface area contributed by atoms with Crippen molar-refractivity contribution in [3.8, 4) is 11.5 Å². The van der Waals surface area contributed by atoms with Crippen LogP contribution in [0, 0.1) is 0 Å². The Morgan fingerprint density at radius 2 is 1.54 bits per heavy atom. The summed E-state index contributed by atoms with van der Waals surface area (Å²) in [6.07, 6.45) is 0.543. The number of fused-ring (bicyclic) bond motifs is 1. The van der Waals surface area contributed by atoms with Crippen LogP contribution >= 0.6 is 0 Å². The first kappa shape index (κ1) is 27.3. The van der Waals surface area contributed by atoms with E-state index in [1.54, 1.807) is 13.2 Å². The van der Waals surface area contributed by atoms with Crippen LogP contribution in [0.2, 0.25) is 0 Å². The van der Waals surface area contributed by atoms with Gasteiger partial charge in [0.25, 0.3) is 5.91 Å². The maximum absolute atomic E-state index is 12.9. The largest absolute Gasteiger partial charge is 0.493 e. The third-order valence-corrected chi connectivity index (χ3v) is 10.2. The maximum atomic E-state index is 12.9. The van der Waals surface area contributed by atoms with Crippen molar-refractivity contribution in [3.05, 3.63) is 53.1 Å². The standard InChI is InChI=1S/C24H31N3O8S2/c1-33-22-15-19-7-9-27(17-20(19)16-23(22)34-2)36(29,30)14-8-25-24(28)18-3-5-21(6-4-18)37(31,32)26-10-12-35-13-11-26/h3-6,15-16H,7-14,17H2,1-2H3,(H,25,28). The number of nitrogens with zero attached hydrogens (tertiary/aromatic N) is 2. The van der Waals surface area contributed by atoms with Crippen molar-refractivity contribution in [1.29, 1.82) is 0 Å². The molecule has 2 aliphatic heterocycles. The van der Waals surface area contributed by atoms with Gasteiger partial charge in [-0.3, -0.25) is 4.79 Å². The number of hydrogen-bond acceptors (Lipinski definition) is 8. The van der Waals surface area contributed by atoms with Crippen LogP contribution in [-0.2, 0) is 37.7 Å². The monoisotopic (exact) mass is 553 g/mol. The van der Waals surface area contributed by atoms with Crippen molar-refractivity contribution in [2.45, 2.75) is 17.9 Å². The fraction of sp³-hybridized carbons (Fsp3) is 0.458. The summed E-state index contributed by atoms with van der Waals surface area (Å²) in [5.41, 5.74) is 2.10. The quantitative estimate of drug-likeness (QED) is 0.483. The Balaban J connectivity index is 1.33. The molecule has 2 aliphatic rings. The minimum atomic E-state index is -3.66. The van der Waals surface area contributed by atoms with E-state index in [1.807, 2.05) is 6.07 Å². The van der Waals surface area contributed by atoms with Gasteiger partial charge in [-0.15, -0.1) is 0 Å². The lowest BCUT2D eigenvalue weighted by Gasteiger charge is -2.29. The molecule has 0 atom stereocenters. The predicted octanol–water partition coefficient (Wildman–Crippen LogP) is 0.843. The first-order valence-electron chi connectivity index (χ1n) is 11.8. The molecule has 13 heteroatoms. The number of nitrogens with one attached hydrogen (secondary N) is 1. The average molecular weight is 554 g/mol. The van der Waals surface area contributed by atoms with Gasteiger partial charge in [-0.1, -0.05) is 0 Å². The fourth-order valence-electron chi connectivity index (χ4n) is 4.33. The third-order valence-electron chi connectivity index (χ3n) is 6.45. The van der Waals surface area contributed by atoms with Crippen LogP contribution in [0.3, 0.4) is 0 Å². The molecular weight excluding hydrogens is 522 g/mol. The van der Waals surface area contributed by atoms with E-state index in [0.717, 1.165) is 11.1 Å². The maximum Gasteiger partial charge on any atom is 0.251 e. The SMILES string of the molecule is COc1cc2c(cc1OC)CN(S(=O)(=O)CCNC(=O)c1ccc(S(=O)(=O)N3CCOCC3)cc1)CC2. The van der Waals surface area contributed by atoms with Gasteiger partial charge in [-0.05, 0) is 53.9 Å². The topological polar surface area (TPSA) is 132 Å². The van der Waals surface area contributed by atoms with Crippen LogP contribution in [0.4, 0.5) is 0 Å².